The van der Waals surface area contributed by atoms with Crippen LogP contribution in [0.1, 0.15) is 16.7 Å². The summed E-state index contributed by atoms with van der Waals surface area (Å²) >= 11 is 0. The lowest BCUT2D eigenvalue weighted by Crippen LogP contribution is -2.22. The highest BCUT2D eigenvalue weighted by atomic mass is 19.1. The Balaban J connectivity index is 2.16. The third kappa shape index (κ3) is 2.64. The van der Waals surface area contributed by atoms with Crippen LogP contribution in [0.3, 0.4) is 0 Å². The number of aryl methyl sites for hydroxylation is 1. The summed E-state index contributed by atoms with van der Waals surface area (Å²) in [7, 11) is 0. The number of aromatic amines is 1. The number of nitriles is 1. The first-order valence-corrected chi connectivity index (χ1v) is 6.91. The summed E-state index contributed by atoms with van der Waals surface area (Å²) in [5, 5.41) is 9.17. The molecule has 2 heterocycles. The molecule has 5 nitrogen and oxygen atoms in total. The molecule has 0 bridgehead atoms. The number of halogens is 1. The molecule has 0 unspecified atom stereocenters. The lowest BCUT2D eigenvalue weighted by atomic mass is 10.1. The number of hydrogen-bond donors (Lipinski definition) is 1. The summed E-state index contributed by atoms with van der Waals surface area (Å²) in [6.45, 7) is 2.05. The van der Waals surface area contributed by atoms with Crippen molar-refractivity contribution in [3.8, 4) is 6.07 Å². The van der Waals surface area contributed by atoms with Crippen LogP contribution in [0.5, 0.6) is 0 Å². The quantitative estimate of drug-likeness (QED) is 0.787. The van der Waals surface area contributed by atoms with Gasteiger partial charge in [0.15, 0.2) is 0 Å². The second-order valence-corrected chi connectivity index (χ2v) is 5.27. The van der Waals surface area contributed by atoms with E-state index in [9.17, 15) is 14.0 Å². The molecule has 1 aromatic carbocycles. The minimum Gasteiger partial charge on any atom is -0.321 e. The maximum Gasteiger partial charge on any atom is 0.266 e. The van der Waals surface area contributed by atoms with Gasteiger partial charge in [-0.25, -0.2) is 4.39 Å². The van der Waals surface area contributed by atoms with E-state index < -0.39 is 5.56 Å². The Morgan fingerprint density at radius 1 is 1.26 bits per heavy atom. The summed E-state index contributed by atoms with van der Waals surface area (Å²) in [5.41, 5.74) is 0.937. The average molecular weight is 309 g/mol. The van der Waals surface area contributed by atoms with Crippen molar-refractivity contribution in [2.45, 2.75) is 13.5 Å². The number of nitrogens with zero attached hydrogens (tertiary/aromatic N) is 2. The third-order valence-electron chi connectivity index (χ3n) is 3.76. The molecule has 0 amide bonds. The molecule has 0 saturated heterocycles. The number of benzene rings is 1. The zero-order chi connectivity index (χ0) is 16.6. The Labute approximate surface area is 130 Å². The Morgan fingerprint density at radius 2 is 2.04 bits per heavy atom. The van der Waals surface area contributed by atoms with E-state index in [1.807, 2.05) is 6.92 Å². The first-order valence-electron chi connectivity index (χ1n) is 6.91. The normalized spacial score (nSPS) is 10.7. The van der Waals surface area contributed by atoms with Gasteiger partial charge in [-0.15, -0.1) is 0 Å². The number of hydrogen-bond acceptors (Lipinski definition) is 3. The molecule has 2 aromatic heterocycles. The van der Waals surface area contributed by atoms with Crippen molar-refractivity contribution in [2.24, 2.45) is 0 Å². The molecule has 3 aromatic rings. The van der Waals surface area contributed by atoms with Gasteiger partial charge in [-0.3, -0.25) is 9.59 Å². The number of pyridine rings is 2. The molecular weight excluding hydrogens is 297 g/mol. The highest BCUT2D eigenvalue weighted by Gasteiger charge is 2.09. The average Bonchev–Trinajstić information content (AvgIpc) is 2.53. The first kappa shape index (κ1) is 14.7. The van der Waals surface area contributed by atoms with Crippen LogP contribution in [-0.2, 0) is 6.54 Å². The van der Waals surface area contributed by atoms with Gasteiger partial charge in [-0.05, 0) is 42.3 Å². The highest BCUT2D eigenvalue weighted by Crippen LogP contribution is 2.12. The van der Waals surface area contributed by atoms with Gasteiger partial charge in [0, 0.05) is 6.20 Å². The molecule has 0 aliphatic rings. The topological polar surface area (TPSA) is 78.7 Å². The fourth-order valence-corrected chi connectivity index (χ4v) is 2.44. The first-order chi connectivity index (χ1) is 11.0. The van der Waals surface area contributed by atoms with Gasteiger partial charge in [0.1, 0.15) is 17.4 Å². The maximum atomic E-state index is 13.4. The fraction of sp³-hybridized carbons (Fsp3) is 0.118. The smallest absolute Gasteiger partial charge is 0.266 e. The lowest BCUT2D eigenvalue weighted by molar-refractivity contribution is 0.622. The van der Waals surface area contributed by atoms with Crippen LogP contribution in [0.25, 0.3) is 10.9 Å². The summed E-state index contributed by atoms with van der Waals surface area (Å²) in [6, 6.07) is 9.04. The molecule has 3 rings (SSSR count). The van der Waals surface area contributed by atoms with Gasteiger partial charge in [0.05, 0.1) is 17.4 Å². The van der Waals surface area contributed by atoms with Gasteiger partial charge in [0.2, 0.25) is 0 Å². The van der Waals surface area contributed by atoms with E-state index in [-0.39, 0.29) is 28.9 Å². The van der Waals surface area contributed by atoms with E-state index in [4.69, 9.17) is 5.26 Å². The lowest BCUT2D eigenvalue weighted by Gasteiger charge is -2.10. The van der Waals surface area contributed by atoms with Gasteiger partial charge in [0.25, 0.3) is 11.1 Å². The number of aromatic nitrogens is 2. The fourth-order valence-electron chi connectivity index (χ4n) is 2.44. The van der Waals surface area contributed by atoms with Crippen LogP contribution in [0.2, 0.25) is 0 Å². The summed E-state index contributed by atoms with van der Waals surface area (Å²) in [4.78, 5) is 26.7. The van der Waals surface area contributed by atoms with Gasteiger partial charge in [-0.1, -0.05) is 6.07 Å². The molecule has 0 atom stereocenters. The summed E-state index contributed by atoms with van der Waals surface area (Å²) in [6.07, 6.45) is 1.54. The van der Waals surface area contributed by atoms with E-state index in [2.05, 4.69) is 4.98 Å². The van der Waals surface area contributed by atoms with E-state index in [0.717, 1.165) is 5.56 Å². The van der Waals surface area contributed by atoms with Crippen molar-refractivity contribution >= 4 is 10.9 Å². The molecule has 1 N–H and O–H groups in total. The molecule has 114 valence electrons. The van der Waals surface area contributed by atoms with Gasteiger partial charge >= 0.3 is 0 Å². The molecule has 0 saturated carbocycles. The van der Waals surface area contributed by atoms with E-state index in [0.29, 0.717) is 11.1 Å². The number of rotatable bonds is 2. The summed E-state index contributed by atoms with van der Waals surface area (Å²) in [5.74, 6) is -0.365. The highest BCUT2D eigenvalue weighted by molar-refractivity contribution is 5.78. The van der Waals surface area contributed by atoms with Crippen molar-refractivity contribution < 1.29 is 4.39 Å². The monoisotopic (exact) mass is 309 g/mol. The molecule has 0 aliphatic carbocycles. The van der Waals surface area contributed by atoms with Crippen LogP contribution in [0.4, 0.5) is 4.39 Å². The minimum absolute atomic E-state index is 0.116. The Kier molecular flexibility index (Phi) is 3.54. The second-order valence-electron chi connectivity index (χ2n) is 5.27. The summed E-state index contributed by atoms with van der Waals surface area (Å²) < 4.78 is 14.8. The molecule has 0 spiro atoms. The van der Waals surface area contributed by atoms with E-state index >= 15 is 0 Å². The van der Waals surface area contributed by atoms with Crippen LogP contribution in [0, 0.1) is 24.1 Å². The molecule has 6 heteroatoms. The van der Waals surface area contributed by atoms with Gasteiger partial charge in [-0.2, -0.15) is 5.26 Å². The second kappa shape index (κ2) is 5.54. The van der Waals surface area contributed by atoms with E-state index in [1.165, 1.54) is 29.0 Å². The maximum absolute atomic E-state index is 13.4. The van der Waals surface area contributed by atoms with Crippen LogP contribution in [-0.4, -0.2) is 9.55 Å². The zero-order valence-corrected chi connectivity index (χ0v) is 12.3. The zero-order valence-electron chi connectivity index (χ0n) is 12.3. The molecule has 23 heavy (non-hydrogen) atoms. The Morgan fingerprint density at radius 3 is 2.78 bits per heavy atom. The molecular formula is C17H12FN3O2. The predicted molar refractivity (Wildman–Crippen MR) is 83.8 cm³/mol. The Hall–Kier alpha value is -3.20. The largest absolute Gasteiger partial charge is 0.321 e. The van der Waals surface area contributed by atoms with E-state index in [1.54, 1.807) is 18.2 Å². The number of fused-ring (bicyclic) bond motifs is 1. The molecule has 0 radical (unpaired) electrons. The molecule has 0 aliphatic heterocycles. The van der Waals surface area contributed by atoms with Crippen molar-refractivity contribution in [3.05, 3.63) is 79.7 Å². The van der Waals surface area contributed by atoms with Crippen LogP contribution in [0.15, 0.2) is 46.1 Å². The number of H-pyrrole nitrogens is 1. The van der Waals surface area contributed by atoms with Crippen molar-refractivity contribution in [1.82, 2.24) is 9.55 Å². The van der Waals surface area contributed by atoms with Gasteiger partial charge < -0.3 is 9.55 Å². The SMILES string of the molecule is Cc1ccc(F)cc1Cn1ccc2[nH]c(=O)c(C#N)cc2c1=O. The predicted octanol–water partition coefficient (Wildman–Crippen LogP) is 2.06. The van der Waals surface area contributed by atoms with Crippen LogP contribution < -0.4 is 11.1 Å². The third-order valence-corrected chi connectivity index (χ3v) is 3.76. The van der Waals surface area contributed by atoms with Crippen molar-refractivity contribution in [3.63, 3.8) is 0 Å². The standard InChI is InChI=1S/C17H12FN3O2/c1-10-2-3-13(18)6-12(10)9-21-5-4-15-14(17(21)23)7-11(8-19)16(22)20-15/h2-7H,9H2,1H3,(H,20,22). The molecule has 0 fully saturated rings. The number of nitrogens with one attached hydrogen (secondary N) is 1. The minimum atomic E-state index is -0.530. The Bertz CT molecular complexity index is 1070. The van der Waals surface area contributed by atoms with Crippen molar-refractivity contribution in [1.29, 1.82) is 5.26 Å². The van der Waals surface area contributed by atoms with Crippen molar-refractivity contribution in [2.75, 3.05) is 0 Å². The van der Waals surface area contributed by atoms with Crippen LogP contribution >= 0.6 is 0 Å².